The molecule has 34 heavy (non-hydrogen) atoms. The van der Waals surface area contributed by atoms with Crippen molar-refractivity contribution in [3.05, 3.63) is 42.5 Å². The average molecular weight is 451 g/mol. The normalized spacial score (nSPS) is 17.4. The average Bonchev–Trinajstić information content (AvgIpc) is 3.51. The lowest BCUT2D eigenvalue weighted by molar-refractivity contribution is 0.415. The fourth-order valence-corrected chi connectivity index (χ4v) is 5.25. The molecule has 0 aromatic carbocycles. The van der Waals surface area contributed by atoms with Crippen LogP contribution in [-0.4, -0.2) is 63.5 Å². The molecule has 6 rings (SSSR count). The van der Waals surface area contributed by atoms with Crippen molar-refractivity contribution in [1.82, 2.24) is 29.3 Å². The molecule has 0 amide bonds. The van der Waals surface area contributed by atoms with Crippen LogP contribution < -0.4 is 10.2 Å². The predicted molar refractivity (Wildman–Crippen MR) is 135 cm³/mol. The molecule has 0 bridgehead atoms. The summed E-state index contributed by atoms with van der Waals surface area (Å²) in [6.45, 7) is 4.14. The number of nitrogens with one attached hydrogen (secondary N) is 1. The fraction of sp³-hybridized carbons (Fsp3) is 0.375. The van der Waals surface area contributed by atoms with Crippen LogP contribution >= 0.6 is 0 Å². The van der Waals surface area contributed by atoms with E-state index in [2.05, 4.69) is 54.7 Å². The largest absolute Gasteiger partial charge is 0.368 e. The summed E-state index contributed by atoms with van der Waals surface area (Å²) >= 11 is 0. The number of anilines is 3. The summed E-state index contributed by atoms with van der Waals surface area (Å²) in [5.41, 5.74) is 3.29. The highest BCUT2D eigenvalue weighted by Crippen LogP contribution is 2.38. The summed E-state index contributed by atoms with van der Waals surface area (Å²) in [6.07, 6.45) is 9.99. The van der Waals surface area contributed by atoms with E-state index in [9.17, 15) is 5.26 Å². The maximum atomic E-state index is 9.72. The molecule has 10 heteroatoms. The lowest BCUT2D eigenvalue weighted by Crippen LogP contribution is -2.45. The number of pyridine rings is 2. The zero-order valence-electron chi connectivity index (χ0n) is 19.3. The molecular formula is C24H26BN9. The van der Waals surface area contributed by atoms with E-state index in [-0.39, 0.29) is 0 Å². The van der Waals surface area contributed by atoms with Gasteiger partial charge in [0.15, 0.2) is 13.7 Å². The van der Waals surface area contributed by atoms with E-state index < -0.39 is 0 Å². The SMILES string of the molecule is BN1CCN(c2ccc(Nc3ncc4c5ccnc(C#N)c5n(C5CCCC5)c4n3)nc2)CC1. The Labute approximate surface area is 198 Å². The van der Waals surface area contributed by atoms with Crippen molar-refractivity contribution in [1.29, 1.82) is 5.26 Å². The van der Waals surface area contributed by atoms with E-state index in [0.717, 1.165) is 66.6 Å². The van der Waals surface area contributed by atoms with Gasteiger partial charge in [0.2, 0.25) is 5.95 Å². The molecule has 170 valence electrons. The van der Waals surface area contributed by atoms with Gasteiger partial charge in [-0.25, -0.2) is 15.0 Å². The van der Waals surface area contributed by atoms with Gasteiger partial charge in [0, 0.05) is 55.4 Å². The zero-order chi connectivity index (χ0) is 23.1. The van der Waals surface area contributed by atoms with Gasteiger partial charge in [-0.15, -0.1) is 0 Å². The molecule has 2 fully saturated rings. The number of rotatable bonds is 4. The second kappa shape index (κ2) is 8.58. The smallest absolute Gasteiger partial charge is 0.230 e. The van der Waals surface area contributed by atoms with Crippen LogP contribution in [0.4, 0.5) is 17.5 Å². The monoisotopic (exact) mass is 451 g/mol. The van der Waals surface area contributed by atoms with Crippen molar-refractivity contribution >= 4 is 47.4 Å². The number of piperazine rings is 1. The molecule has 1 N–H and O–H groups in total. The summed E-state index contributed by atoms with van der Waals surface area (Å²) in [4.78, 5) is 23.1. The maximum Gasteiger partial charge on any atom is 0.230 e. The van der Waals surface area contributed by atoms with Gasteiger partial charge in [-0.2, -0.15) is 10.2 Å². The van der Waals surface area contributed by atoms with Crippen molar-refractivity contribution in [2.45, 2.75) is 31.7 Å². The Morgan fingerprint density at radius 1 is 0.971 bits per heavy atom. The van der Waals surface area contributed by atoms with Crippen LogP contribution in [-0.2, 0) is 0 Å². The van der Waals surface area contributed by atoms with Gasteiger partial charge < -0.3 is 19.6 Å². The molecule has 5 heterocycles. The molecule has 0 unspecified atom stereocenters. The third-order valence-electron chi connectivity index (χ3n) is 7.10. The molecule has 9 nitrogen and oxygen atoms in total. The van der Waals surface area contributed by atoms with Crippen molar-refractivity contribution < 1.29 is 0 Å². The van der Waals surface area contributed by atoms with Gasteiger partial charge in [-0.3, -0.25) is 0 Å². The number of aromatic nitrogens is 5. The fourth-order valence-electron chi connectivity index (χ4n) is 5.25. The number of hydrogen-bond acceptors (Lipinski definition) is 8. The molecule has 0 radical (unpaired) electrons. The van der Waals surface area contributed by atoms with E-state index in [1.54, 1.807) is 6.20 Å². The molecule has 1 saturated heterocycles. The molecule has 1 saturated carbocycles. The van der Waals surface area contributed by atoms with Crippen molar-refractivity contribution in [2.75, 3.05) is 36.4 Å². The van der Waals surface area contributed by atoms with E-state index in [1.807, 2.05) is 24.5 Å². The molecule has 2 aliphatic rings. The lowest BCUT2D eigenvalue weighted by atomic mass is 10.2. The van der Waals surface area contributed by atoms with Gasteiger partial charge in [0.25, 0.3) is 0 Å². The topological polar surface area (TPSA) is 98.8 Å². The van der Waals surface area contributed by atoms with Crippen LogP contribution in [0.15, 0.2) is 36.8 Å². The Balaban J connectivity index is 1.34. The van der Waals surface area contributed by atoms with Gasteiger partial charge >= 0.3 is 0 Å². The summed E-state index contributed by atoms with van der Waals surface area (Å²) in [5.74, 6) is 1.21. The van der Waals surface area contributed by atoms with Gasteiger partial charge in [-0.05, 0) is 31.0 Å². The second-order valence-electron chi connectivity index (χ2n) is 9.22. The Kier molecular flexibility index (Phi) is 5.26. The predicted octanol–water partition coefficient (Wildman–Crippen LogP) is 2.77. The van der Waals surface area contributed by atoms with E-state index in [0.29, 0.717) is 23.5 Å². The Bertz CT molecular complexity index is 1380. The number of fused-ring (bicyclic) bond motifs is 3. The van der Waals surface area contributed by atoms with E-state index in [4.69, 9.17) is 4.98 Å². The first kappa shape index (κ1) is 20.9. The van der Waals surface area contributed by atoms with Crippen LogP contribution in [0.5, 0.6) is 0 Å². The van der Waals surface area contributed by atoms with E-state index >= 15 is 0 Å². The maximum absolute atomic E-state index is 9.72. The van der Waals surface area contributed by atoms with Gasteiger partial charge in [0.05, 0.1) is 17.4 Å². The molecule has 4 aromatic heterocycles. The minimum Gasteiger partial charge on any atom is -0.368 e. The Hall–Kier alpha value is -3.71. The van der Waals surface area contributed by atoms with Crippen LogP contribution in [0.2, 0.25) is 0 Å². The van der Waals surface area contributed by atoms with Crippen LogP contribution in [0.3, 0.4) is 0 Å². The molecule has 0 spiro atoms. The second-order valence-corrected chi connectivity index (χ2v) is 9.22. The van der Waals surface area contributed by atoms with Crippen LogP contribution in [0.25, 0.3) is 21.9 Å². The van der Waals surface area contributed by atoms with Crippen molar-refractivity contribution in [3.63, 3.8) is 0 Å². The Morgan fingerprint density at radius 3 is 2.53 bits per heavy atom. The van der Waals surface area contributed by atoms with E-state index in [1.165, 1.54) is 12.8 Å². The van der Waals surface area contributed by atoms with Gasteiger partial charge in [0.1, 0.15) is 17.5 Å². The summed E-state index contributed by atoms with van der Waals surface area (Å²) < 4.78 is 2.22. The van der Waals surface area contributed by atoms with Crippen molar-refractivity contribution in [3.8, 4) is 6.07 Å². The quantitative estimate of drug-likeness (QED) is 0.473. The number of hydrogen-bond donors (Lipinski definition) is 1. The van der Waals surface area contributed by atoms with Crippen LogP contribution in [0, 0.1) is 11.3 Å². The first-order valence-corrected chi connectivity index (χ1v) is 11.9. The highest BCUT2D eigenvalue weighted by molar-refractivity contribution is 6.08. The zero-order valence-corrected chi connectivity index (χ0v) is 19.3. The number of nitrogens with zero attached hydrogens (tertiary/aromatic N) is 8. The van der Waals surface area contributed by atoms with Crippen LogP contribution in [0.1, 0.15) is 37.4 Å². The first-order valence-electron chi connectivity index (χ1n) is 11.9. The minimum atomic E-state index is 0.319. The Morgan fingerprint density at radius 2 is 1.79 bits per heavy atom. The summed E-state index contributed by atoms with van der Waals surface area (Å²) in [6, 6.07) is 8.62. The highest BCUT2D eigenvalue weighted by Gasteiger charge is 2.25. The summed E-state index contributed by atoms with van der Waals surface area (Å²) in [7, 11) is 2.16. The minimum absolute atomic E-state index is 0.319. The molecule has 0 atom stereocenters. The molecule has 1 aliphatic carbocycles. The molecule has 1 aliphatic heterocycles. The summed E-state index contributed by atoms with van der Waals surface area (Å²) in [5, 5.41) is 14.9. The first-order chi connectivity index (χ1) is 16.7. The van der Waals surface area contributed by atoms with Crippen molar-refractivity contribution in [2.24, 2.45) is 0 Å². The highest BCUT2D eigenvalue weighted by atomic mass is 15.2. The third-order valence-corrected chi connectivity index (χ3v) is 7.10. The third kappa shape index (κ3) is 3.62. The standard InChI is InChI=1S/C24H26BN9/c25-33-11-9-32(10-12-33)17-5-6-21(28-14-17)30-24-29-15-19-18-7-8-27-20(13-26)22(18)34(23(19)31-24)16-3-1-2-4-16/h5-8,14-16H,1-4,9-12,25H2,(H,28,29,30,31). The van der Waals surface area contributed by atoms with Gasteiger partial charge in [-0.1, -0.05) is 12.8 Å². The number of nitriles is 1. The molecule has 4 aromatic rings. The molecular weight excluding hydrogens is 425 g/mol. The lowest BCUT2D eigenvalue weighted by Gasteiger charge is -2.34.